The lowest BCUT2D eigenvalue weighted by Gasteiger charge is -2.23. The highest BCUT2D eigenvalue weighted by Gasteiger charge is 2.39. The van der Waals surface area contributed by atoms with Gasteiger partial charge < -0.3 is 19.3 Å². The first-order chi connectivity index (χ1) is 14.5. The highest BCUT2D eigenvalue weighted by Crippen LogP contribution is 2.42. The molecule has 2 aromatic carbocycles. The quantitative estimate of drug-likeness (QED) is 0.484. The molecule has 0 radical (unpaired) electrons. The Morgan fingerprint density at radius 3 is 1.58 bits per heavy atom. The van der Waals surface area contributed by atoms with Crippen LogP contribution < -0.4 is 14.2 Å². The van der Waals surface area contributed by atoms with Crippen LogP contribution >= 0.6 is 0 Å². The average molecular weight is 426 g/mol. The van der Waals surface area contributed by atoms with Crippen LogP contribution in [0.4, 0.5) is 0 Å². The van der Waals surface area contributed by atoms with E-state index in [1.54, 1.807) is 0 Å². The van der Waals surface area contributed by atoms with Crippen LogP contribution in [0.3, 0.4) is 0 Å². The molecule has 0 saturated carbocycles. The molecule has 1 aliphatic carbocycles. The number of aromatic carboxylic acids is 1. The standard InChI is InChI=1S/C21H14O10/c1-8(22)29-13-4-5-14(30-9(2)23)18-17(13)19(25)12-6-11(21(27)28)7-15(31-10(3)24)16(12)20(18)26/h4-7H,1-3H3,(H,27,28). The van der Waals surface area contributed by atoms with Crippen molar-refractivity contribution in [2.75, 3.05) is 0 Å². The number of carboxylic acid groups (broad SMARTS) is 1. The Bertz CT molecular complexity index is 1210. The number of esters is 3. The van der Waals surface area contributed by atoms with E-state index in [9.17, 15) is 33.9 Å². The van der Waals surface area contributed by atoms with Gasteiger partial charge in [0.1, 0.15) is 17.2 Å². The molecule has 0 aliphatic heterocycles. The third-order valence-electron chi connectivity index (χ3n) is 4.16. The molecule has 0 heterocycles. The summed E-state index contributed by atoms with van der Waals surface area (Å²) in [6, 6.07) is 4.22. The molecule has 31 heavy (non-hydrogen) atoms. The van der Waals surface area contributed by atoms with Gasteiger partial charge in [-0.15, -0.1) is 0 Å². The molecule has 10 nitrogen and oxygen atoms in total. The van der Waals surface area contributed by atoms with E-state index in [1.165, 1.54) is 12.1 Å². The molecule has 3 rings (SSSR count). The topological polar surface area (TPSA) is 150 Å². The second-order valence-electron chi connectivity index (χ2n) is 6.45. The SMILES string of the molecule is CC(=O)Oc1cc(C(=O)O)cc2c1C(=O)c1c(OC(C)=O)ccc(OC(C)=O)c1C2=O. The first-order valence-corrected chi connectivity index (χ1v) is 8.74. The molecule has 0 saturated heterocycles. The average Bonchev–Trinajstić information content (AvgIpc) is 2.65. The van der Waals surface area contributed by atoms with Gasteiger partial charge >= 0.3 is 23.9 Å². The maximum Gasteiger partial charge on any atom is 0.335 e. The van der Waals surface area contributed by atoms with Gasteiger partial charge in [-0.3, -0.25) is 24.0 Å². The molecule has 1 aliphatic rings. The lowest BCUT2D eigenvalue weighted by Crippen LogP contribution is -2.26. The smallest absolute Gasteiger partial charge is 0.335 e. The third kappa shape index (κ3) is 3.90. The molecule has 0 atom stereocenters. The largest absolute Gasteiger partial charge is 0.478 e. The fourth-order valence-electron chi connectivity index (χ4n) is 3.14. The highest BCUT2D eigenvalue weighted by atomic mass is 16.5. The van der Waals surface area contributed by atoms with Gasteiger partial charge in [0, 0.05) is 26.3 Å². The number of rotatable bonds is 4. The Labute approximate surface area is 174 Å². The second-order valence-corrected chi connectivity index (χ2v) is 6.45. The Morgan fingerprint density at radius 2 is 1.13 bits per heavy atom. The van der Waals surface area contributed by atoms with Crippen molar-refractivity contribution in [3.8, 4) is 17.2 Å². The van der Waals surface area contributed by atoms with E-state index in [0.717, 1.165) is 32.9 Å². The van der Waals surface area contributed by atoms with Gasteiger partial charge in [0.15, 0.2) is 5.78 Å². The van der Waals surface area contributed by atoms with Crippen molar-refractivity contribution < 1.29 is 48.1 Å². The molecule has 10 heteroatoms. The monoisotopic (exact) mass is 426 g/mol. The summed E-state index contributed by atoms with van der Waals surface area (Å²) in [5, 5.41) is 9.35. The Kier molecular flexibility index (Phi) is 5.39. The van der Waals surface area contributed by atoms with Gasteiger partial charge in [-0.1, -0.05) is 0 Å². The predicted octanol–water partition coefficient (Wildman–Crippen LogP) is 1.94. The zero-order valence-corrected chi connectivity index (χ0v) is 16.4. The minimum absolute atomic E-state index is 0.279. The van der Waals surface area contributed by atoms with Crippen LogP contribution in [0, 0.1) is 0 Å². The molecule has 1 N–H and O–H groups in total. The number of benzene rings is 2. The van der Waals surface area contributed by atoms with Gasteiger partial charge in [-0.05, 0) is 24.3 Å². The lowest BCUT2D eigenvalue weighted by molar-refractivity contribution is -0.133. The van der Waals surface area contributed by atoms with Crippen molar-refractivity contribution in [3.05, 3.63) is 52.1 Å². The van der Waals surface area contributed by atoms with Crippen molar-refractivity contribution >= 4 is 35.4 Å². The van der Waals surface area contributed by atoms with E-state index in [4.69, 9.17) is 14.2 Å². The van der Waals surface area contributed by atoms with Crippen LogP contribution in [-0.2, 0) is 14.4 Å². The van der Waals surface area contributed by atoms with E-state index in [1.807, 2.05) is 0 Å². The van der Waals surface area contributed by atoms with Crippen LogP contribution in [0.2, 0.25) is 0 Å². The number of carboxylic acids is 1. The first kappa shape index (κ1) is 21.4. The summed E-state index contributed by atoms with van der Waals surface area (Å²) in [6.07, 6.45) is 0. The molecule has 0 aromatic heterocycles. The fourth-order valence-corrected chi connectivity index (χ4v) is 3.14. The predicted molar refractivity (Wildman–Crippen MR) is 101 cm³/mol. The van der Waals surface area contributed by atoms with Crippen molar-refractivity contribution in [1.29, 1.82) is 0 Å². The molecular weight excluding hydrogens is 412 g/mol. The zero-order chi connectivity index (χ0) is 23.0. The summed E-state index contributed by atoms with van der Waals surface area (Å²) in [7, 11) is 0. The number of carbonyl (C=O) groups excluding carboxylic acids is 5. The summed E-state index contributed by atoms with van der Waals surface area (Å²) in [5.41, 5.74) is -1.94. The van der Waals surface area contributed by atoms with E-state index in [0.29, 0.717) is 0 Å². The number of ketones is 2. The Hall–Kier alpha value is -4.34. The maximum atomic E-state index is 13.4. The fraction of sp³-hybridized carbons (Fsp3) is 0.143. The van der Waals surface area contributed by atoms with E-state index < -0.39 is 46.8 Å². The van der Waals surface area contributed by atoms with E-state index in [2.05, 4.69) is 0 Å². The normalized spacial score (nSPS) is 11.8. The van der Waals surface area contributed by atoms with Crippen molar-refractivity contribution in [3.63, 3.8) is 0 Å². The van der Waals surface area contributed by atoms with Crippen molar-refractivity contribution in [1.82, 2.24) is 0 Å². The molecule has 0 amide bonds. The minimum atomic E-state index is -1.43. The Morgan fingerprint density at radius 1 is 0.677 bits per heavy atom. The van der Waals surface area contributed by atoms with Crippen LogP contribution in [0.15, 0.2) is 24.3 Å². The third-order valence-corrected chi connectivity index (χ3v) is 4.16. The molecule has 158 valence electrons. The zero-order valence-electron chi connectivity index (χ0n) is 16.4. The number of carbonyl (C=O) groups is 6. The van der Waals surface area contributed by atoms with Crippen molar-refractivity contribution in [2.45, 2.75) is 20.8 Å². The van der Waals surface area contributed by atoms with Gasteiger partial charge in [0.2, 0.25) is 5.78 Å². The van der Waals surface area contributed by atoms with Crippen LogP contribution in [-0.4, -0.2) is 40.6 Å². The highest BCUT2D eigenvalue weighted by molar-refractivity contribution is 6.31. The van der Waals surface area contributed by atoms with Gasteiger partial charge in [0.25, 0.3) is 0 Å². The molecular formula is C21H14O10. The number of hydrogen-bond acceptors (Lipinski definition) is 9. The van der Waals surface area contributed by atoms with E-state index >= 15 is 0 Å². The van der Waals surface area contributed by atoms with Gasteiger partial charge in [-0.2, -0.15) is 0 Å². The summed E-state index contributed by atoms with van der Waals surface area (Å²) in [4.78, 5) is 72.6. The van der Waals surface area contributed by atoms with Crippen molar-refractivity contribution in [2.24, 2.45) is 0 Å². The summed E-state index contributed by atoms with van der Waals surface area (Å²) in [6.45, 7) is 3.20. The van der Waals surface area contributed by atoms with Gasteiger partial charge in [0.05, 0.1) is 22.3 Å². The van der Waals surface area contributed by atoms with Crippen LogP contribution in [0.25, 0.3) is 0 Å². The molecule has 0 unspecified atom stereocenters. The number of ether oxygens (including phenoxy) is 3. The maximum absolute atomic E-state index is 13.4. The molecule has 0 spiro atoms. The number of fused-ring (bicyclic) bond motifs is 2. The van der Waals surface area contributed by atoms with Crippen LogP contribution in [0.5, 0.6) is 17.2 Å². The molecule has 0 fully saturated rings. The minimum Gasteiger partial charge on any atom is -0.478 e. The van der Waals surface area contributed by atoms with Gasteiger partial charge in [-0.25, -0.2) is 4.79 Å². The second kappa shape index (κ2) is 7.82. The summed E-state index contributed by atoms with van der Waals surface area (Å²) in [5.74, 6) is -6.63. The summed E-state index contributed by atoms with van der Waals surface area (Å²) >= 11 is 0. The van der Waals surface area contributed by atoms with Crippen LogP contribution in [0.1, 0.15) is 63.0 Å². The lowest BCUT2D eigenvalue weighted by atomic mass is 9.81. The van der Waals surface area contributed by atoms with E-state index in [-0.39, 0.29) is 33.8 Å². The first-order valence-electron chi connectivity index (χ1n) is 8.74. The molecule has 2 aromatic rings. The number of hydrogen-bond donors (Lipinski definition) is 1. The summed E-state index contributed by atoms with van der Waals surface area (Å²) < 4.78 is 15.0. The Balaban J connectivity index is 2.38. The molecule has 0 bridgehead atoms.